The van der Waals surface area contributed by atoms with E-state index in [2.05, 4.69) is 11.4 Å². The van der Waals surface area contributed by atoms with Gasteiger partial charge in [0.1, 0.15) is 6.04 Å². The fourth-order valence-corrected chi connectivity index (χ4v) is 2.60. The minimum Gasteiger partial charge on any atom is -0.385 e. The van der Waals surface area contributed by atoms with Gasteiger partial charge in [0, 0.05) is 46.0 Å². The molecule has 2 rings (SSSR count). The number of carbonyl (C=O) groups is 1. The molecule has 1 aliphatic heterocycles. The van der Waals surface area contributed by atoms with Crippen molar-refractivity contribution in [3.8, 4) is 0 Å². The van der Waals surface area contributed by atoms with Gasteiger partial charge in [-0.3, -0.25) is 4.79 Å². The van der Waals surface area contributed by atoms with Gasteiger partial charge < -0.3 is 19.7 Å². The summed E-state index contributed by atoms with van der Waals surface area (Å²) in [5, 5.41) is 3.32. The normalized spacial score (nSPS) is 16.4. The Balaban J connectivity index is 1.95. The topological polar surface area (TPSA) is 50.8 Å². The van der Waals surface area contributed by atoms with Crippen LogP contribution in [0.2, 0.25) is 0 Å². The Hall–Kier alpha value is -1.59. The summed E-state index contributed by atoms with van der Waals surface area (Å²) in [5.41, 5.74) is 2.28. The van der Waals surface area contributed by atoms with Gasteiger partial charge in [-0.2, -0.15) is 0 Å². The maximum absolute atomic E-state index is 12.7. The Morgan fingerprint density at radius 3 is 2.71 bits per heavy atom. The van der Waals surface area contributed by atoms with Crippen LogP contribution in [0.25, 0.3) is 0 Å². The summed E-state index contributed by atoms with van der Waals surface area (Å²) in [7, 11) is 3.33. The number of benzene rings is 1. The average molecular weight is 292 g/mol. The molecule has 0 saturated heterocycles. The Labute approximate surface area is 126 Å². The molecule has 5 heteroatoms. The zero-order valence-electron chi connectivity index (χ0n) is 12.8. The van der Waals surface area contributed by atoms with E-state index in [1.807, 2.05) is 23.1 Å². The third-order valence-electron chi connectivity index (χ3n) is 3.72. The molecular weight excluding hydrogens is 268 g/mol. The minimum absolute atomic E-state index is 0.138. The van der Waals surface area contributed by atoms with Crippen molar-refractivity contribution in [2.45, 2.75) is 18.9 Å². The number of amides is 1. The Kier molecular flexibility index (Phi) is 6.02. The van der Waals surface area contributed by atoms with Crippen molar-refractivity contribution in [2.75, 3.05) is 45.8 Å². The van der Waals surface area contributed by atoms with E-state index < -0.39 is 0 Å². The number of ether oxygens (including phenoxy) is 2. The number of carbonyl (C=O) groups excluding carboxylic acids is 1. The highest BCUT2D eigenvalue weighted by atomic mass is 16.5. The van der Waals surface area contributed by atoms with Crippen LogP contribution in [-0.2, 0) is 20.7 Å². The van der Waals surface area contributed by atoms with E-state index in [1.165, 1.54) is 5.56 Å². The van der Waals surface area contributed by atoms with E-state index in [4.69, 9.17) is 9.47 Å². The lowest BCUT2D eigenvalue weighted by Gasteiger charge is -2.25. The summed E-state index contributed by atoms with van der Waals surface area (Å²) in [4.78, 5) is 14.5. The summed E-state index contributed by atoms with van der Waals surface area (Å²) in [6.07, 6.45) is 1.59. The van der Waals surface area contributed by atoms with Gasteiger partial charge in [-0.25, -0.2) is 0 Å². The molecule has 1 aromatic carbocycles. The van der Waals surface area contributed by atoms with Gasteiger partial charge in [0.25, 0.3) is 0 Å². The molecule has 0 bridgehead atoms. The summed E-state index contributed by atoms with van der Waals surface area (Å²) in [6, 6.07) is 7.92. The van der Waals surface area contributed by atoms with Crippen molar-refractivity contribution in [1.29, 1.82) is 0 Å². The highest BCUT2D eigenvalue weighted by Crippen LogP contribution is 2.26. The van der Waals surface area contributed by atoms with Gasteiger partial charge in [-0.05, 0) is 18.1 Å². The molecule has 0 saturated carbocycles. The second-order valence-electron chi connectivity index (χ2n) is 5.22. The first-order valence-electron chi connectivity index (χ1n) is 7.37. The highest BCUT2D eigenvalue weighted by molar-refractivity contribution is 5.87. The third-order valence-corrected chi connectivity index (χ3v) is 3.72. The quantitative estimate of drug-likeness (QED) is 0.738. The van der Waals surface area contributed by atoms with Crippen molar-refractivity contribution in [1.82, 2.24) is 4.90 Å². The van der Waals surface area contributed by atoms with Crippen molar-refractivity contribution in [3.63, 3.8) is 0 Å². The van der Waals surface area contributed by atoms with Crippen LogP contribution in [0, 0.1) is 0 Å². The molecule has 5 nitrogen and oxygen atoms in total. The lowest BCUT2D eigenvalue weighted by atomic mass is 10.1. The molecule has 0 unspecified atom stereocenters. The molecule has 1 atom stereocenters. The second-order valence-corrected chi connectivity index (χ2v) is 5.22. The first-order valence-corrected chi connectivity index (χ1v) is 7.37. The van der Waals surface area contributed by atoms with Crippen LogP contribution < -0.4 is 5.32 Å². The molecule has 116 valence electrons. The fourth-order valence-electron chi connectivity index (χ4n) is 2.60. The van der Waals surface area contributed by atoms with E-state index in [0.29, 0.717) is 26.3 Å². The number of nitrogens with one attached hydrogen (secondary N) is 1. The Morgan fingerprint density at radius 1 is 1.24 bits per heavy atom. The average Bonchev–Trinajstić information content (AvgIpc) is 2.94. The standard InChI is InChI=1S/C16H24N2O3/c1-20-10-5-8-18(9-11-21-2)16(19)15-12-13-6-3-4-7-14(13)17-15/h3-4,6-7,15,17H,5,8-12H2,1-2H3/t15-/m0/s1. The number of anilines is 1. The zero-order chi connectivity index (χ0) is 15.1. The summed E-state index contributed by atoms with van der Waals surface area (Å²) >= 11 is 0. The van der Waals surface area contributed by atoms with Crippen LogP contribution in [-0.4, -0.2) is 57.4 Å². The van der Waals surface area contributed by atoms with Crippen molar-refractivity contribution < 1.29 is 14.3 Å². The number of para-hydroxylation sites is 1. The molecule has 0 aromatic heterocycles. The van der Waals surface area contributed by atoms with Crippen molar-refractivity contribution >= 4 is 11.6 Å². The molecule has 0 spiro atoms. The summed E-state index contributed by atoms with van der Waals surface area (Å²) in [6.45, 7) is 2.53. The molecular formula is C16H24N2O3. The van der Waals surface area contributed by atoms with Gasteiger partial charge >= 0.3 is 0 Å². The molecule has 1 heterocycles. The van der Waals surface area contributed by atoms with Crippen LogP contribution in [0.4, 0.5) is 5.69 Å². The molecule has 21 heavy (non-hydrogen) atoms. The van der Waals surface area contributed by atoms with E-state index in [9.17, 15) is 4.79 Å². The van der Waals surface area contributed by atoms with E-state index in [-0.39, 0.29) is 11.9 Å². The summed E-state index contributed by atoms with van der Waals surface area (Å²) < 4.78 is 10.2. The monoisotopic (exact) mass is 292 g/mol. The van der Waals surface area contributed by atoms with Gasteiger partial charge in [0.15, 0.2) is 0 Å². The molecule has 0 radical (unpaired) electrons. The van der Waals surface area contributed by atoms with Gasteiger partial charge in [-0.15, -0.1) is 0 Å². The molecule has 1 aliphatic rings. The van der Waals surface area contributed by atoms with E-state index >= 15 is 0 Å². The maximum atomic E-state index is 12.7. The van der Waals surface area contributed by atoms with Crippen LogP contribution in [0.5, 0.6) is 0 Å². The predicted octanol–water partition coefficient (Wildman–Crippen LogP) is 1.53. The largest absolute Gasteiger partial charge is 0.385 e. The van der Waals surface area contributed by atoms with Crippen LogP contribution in [0.3, 0.4) is 0 Å². The molecule has 0 fully saturated rings. The number of nitrogens with zero attached hydrogens (tertiary/aromatic N) is 1. The minimum atomic E-state index is -0.165. The maximum Gasteiger partial charge on any atom is 0.245 e. The zero-order valence-corrected chi connectivity index (χ0v) is 12.8. The highest BCUT2D eigenvalue weighted by Gasteiger charge is 2.29. The second kappa shape index (κ2) is 8.00. The van der Waals surface area contributed by atoms with Gasteiger partial charge in [-0.1, -0.05) is 18.2 Å². The Bertz CT molecular complexity index is 440. The molecule has 0 aliphatic carbocycles. The fraction of sp³-hybridized carbons (Fsp3) is 0.562. The van der Waals surface area contributed by atoms with E-state index in [1.54, 1.807) is 14.2 Å². The first kappa shape index (κ1) is 15.8. The van der Waals surface area contributed by atoms with Crippen molar-refractivity contribution in [2.24, 2.45) is 0 Å². The predicted molar refractivity (Wildman–Crippen MR) is 82.5 cm³/mol. The number of methoxy groups -OCH3 is 2. The molecule has 1 aromatic rings. The van der Waals surface area contributed by atoms with Gasteiger partial charge in [0.05, 0.1) is 6.61 Å². The SMILES string of the molecule is COCCCN(CCOC)C(=O)[C@@H]1Cc2ccccc2N1. The number of rotatable bonds is 8. The number of hydrogen-bond donors (Lipinski definition) is 1. The lowest BCUT2D eigenvalue weighted by Crippen LogP contribution is -2.44. The van der Waals surface area contributed by atoms with Crippen LogP contribution in [0.15, 0.2) is 24.3 Å². The third kappa shape index (κ3) is 4.19. The first-order chi connectivity index (χ1) is 10.3. The number of hydrogen-bond acceptors (Lipinski definition) is 4. The molecule has 1 amide bonds. The summed E-state index contributed by atoms with van der Waals surface area (Å²) in [5.74, 6) is 0.138. The van der Waals surface area contributed by atoms with E-state index in [0.717, 1.165) is 18.5 Å². The number of fused-ring (bicyclic) bond motifs is 1. The molecule has 1 N–H and O–H groups in total. The smallest absolute Gasteiger partial charge is 0.245 e. The van der Waals surface area contributed by atoms with Gasteiger partial charge in [0.2, 0.25) is 5.91 Å². The Morgan fingerprint density at radius 2 is 2.00 bits per heavy atom. The lowest BCUT2D eigenvalue weighted by molar-refractivity contribution is -0.132. The van der Waals surface area contributed by atoms with Crippen LogP contribution >= 0.6 is 0 Å². The van der Waals surface area contributed by atoms with Crippen molar-refractivity contribution in [3.05, 3.63) is 29.8 Å². The van der Waals surface area contributed by atoms with Crippen LogP contribution in [0.1, 0.15) is 12.0 Å².